The Bertz CT molecular complexity index is 1320. The van der Waals surface area contributed by atoms with Crippen molar-refractivity contribution in [1.29, 1.82) is 0 Å². The normalized spacial score (nSPS) is 16.0. The van der Waals surface area contributed by atoms with E-state index >= 15 is 0 Å². The topological polar surface area (TPSA) is 91.2 Å². The Balaban J connectivity index is 1.36. The first-order chi connectivity index (χ1) is 16.1. The van der Waals surface area contributed by atoms with Crippen LogP contribution in [0.25, 0.3) is 11.2 Å². The first-order valence-electron chi connectivity index (χ1n) is 10.4. The van der Waals surface area contributed by atoms with Crippen LogP contribution in [0.15, 0.2) is 55.1 Å². The van der Waals surface area contributed by atoms with Crippen LogP contribution in [-0.4, -0.2) is 32.0 Å². The molecule has 0 radical (unpaired) electrons. The van der Waals surface area contributed by atoms with Crippen LogP contribution >= 0.6 is 0 Å². The summed E-state index contributed by atoms with van der Waals surface area (Å²) in [6, 6.07) is 9.42. The molecule has 2 aromatic carbocycles. The van der Waals surface area contributed by atoms with E-state index in [-0.39, 0.29) is 29.1 Å². The summed E-state index contributed by atoms with van der Waals surface area (Å²) in [7, 11) is 0. The van der Waals surface area contributed by atoms with Crippen molar-refractivity contribution in [3.63, 3.8) is 0 Å². The molecule has 0 bridgehead atoms. The fourth-order valence-corrected chi connectivity index (χ4v) is 3.67. The summed E-state index contributed by atoms with van der Waals surface area (Å²) in [5.41, 5.74) is 0.919. The van der Waals surface area contributed by atoms with E-state index in [1.54, 1.807) is 12.4 Å². The van der Waals surface area contributed by atoms with Crippen LogP contribution in [0.1, 0.15) is 35.8 Å². The van der Waals surface area contributed by atoms with Crippen LogP contribution in [-0.2, 0) is 4.74 Å². The average Bonchev–Trinajstić information content (AvgIpc) is 3.27. The molecule has 3 heterocycles. The highest BCUT2D eigenvalue weighted by Gasteiger charge is 2.21. The van der Waals surface area contributed by atoms with Crippen LogP contribution in [0.3, 0.4) is 0 Å². The van der Waals surface area contributed by atoms with Crippen LogP contribution in [0.5, 0.6) is 11.6 Å². The van der Waals surface area contributed by atoms with Gasteiger partial charge in [-0.15, -0.1) is 0 Å². The molecule has 1 aliphatic rings. The molecule has 5 rings (SSSR count). The molecule has 0 spiro atoms. The van der Waals surface area contributed by atoms with Gasteiger partial charge in [0.2, 0.25) is 0 Å². The van der Waals surface area contributed by atoms with Crippen molar-refractivity contribution in [3.8, 4) is 11.6 Å². The van der Waals surface area contributed by atoms with E-state index in [9.17, 15) is 13.6 Å². The predicted molar refractivity (Wildman–Crippen MR) is 115 cm³/mol. The lowest BCUT2D eigenvalue weighted by molar-refractivity contribution is -0.0298. The van der Waals surface area contributed by atoms with E-state index in [0.29, 0.717) is 17.8 Å². The Labute approximate surface area is 187 Å². The number of carbonyl (C=O) groups excluding carboxylic acids is 1. The van der Waals surface area contributed by atoms with Crippen molar-refractivity contribution in [1.82, 2.24) is 19.5 Å². The molecule has 1 atom stereocenters. The number of nitrogens with one attached hydrogen (secondary N) is 1. The zero-order valence-electron chi connectivity index (χ0n) is 17.4. The molecular weight excluding hydrogens is 432 g/mol. The third-order valence-corrected chi connectivity index (χ3v) is 5.31. The van der Waals surface area contributed by atoms with Gasteiger partial charge < -0.3 is 14.8 Å². The number of carbonyl (C=O) groups is 1. The summed E-state index contributed by atoms with van der Waals surface area (Å²) in [6.07, 6.45) is 5.67. The van der Waals surface area contributed by atoms with Gasteiger partial charge >= 0.3 is 0 Å². The first-order valence-corrected chi connectivity index (χ1v) is 10.4. The van der Waals surface area contributed by atoms with Gasteiger partial charge in [-0.3, -0.25) is 9.36 Å². The van der Waals surface area contributed by atoms with E-state index < -0.39 is 17.5 Å². The minimum atomic E-state index is -0.733. The van der Waals surface area contributed by atoms with E-state index in [2.05, 4.69) is 20.3 Å². The molecule has 8 nitrogen and oxygen atoms in total. The van der Waals surface area contributed by atoms with Gasteiger partial charge in [0.15, 0.2) is 22.7 Å². The first kappa shape index (κ1) is 21.0. The number of ether oxygens (including phenoxy) is 2. The quantitative estimate of drug-likeness (QED) is 0.467. The lowest BCUT2D eigenvalue weighted by atomic mass is 10.2. The van der Waals surface area contributed by atoms with Gasteiger partial charge in [-0.25, -0.2) is 18.7 Å². The molecule has 0 aliphatic carbocycles. The predicted octanol–water partition coefficient (Wildman–Crippen LogP) is 4.85. The van der Waals surface area contributed by atoms with Gasteiger partial charge in [-0.05, 0) is 43.5 Å². The number of anilines is 1. The number of halogens is 2. The SMILES string of the molecule is O=C(Nc1ccc(Oc2ncnc3c2ncn3C2CCCCO2)c(F)c1)c1ccccc1F. The Kier molecular flexibility index (Phi) is 5.66. The van der Waals surface area contributed by atoms with Gasteiger partial charge in [0.05, 0.1) is 11.9 Å². The molecule has 168 valence electrons. The summed E-state index contributed by atoms with van der Waals surface area (Å²) in [5.74, 6) is -2.10. The second kappa shape index (κ2) is 8.91. The number of amides is 1. The maximum Gasteiger partial charge on any atom is 0.258 e. The van der Waals surface area contributed by atoms with Crippen LogP contribution in [0.4, 0.5) is 14.5 Å². The van der Waals surface area contributed by atoms with Gasteiger partial charge in [-0.1, -0.05) is 12.1 Å². The summed E-state index contributed by atoms with van der Waals surface area (Å²) in [6.45, 7) is 0.670. The molecule has 1 saturated heterocycles. The minimum absolute atomic E-state index is 0.0941. The lowest BCUT2D eigenvalue weighted by Crippen LogP contribution is -2.17. The molecule has 33 heavy (non-hydrogen) atoms. The highest BCUT2D eigenvalue weighted by Crippen LogP contribution is 2.31. The van der Waals surface area contributed by atoms with Crippen molar-refractivity contribution in [3.05, 3.63) is 72.3 Å². The van der Waals surface area contributed by atoms with E-state index in [1.807, 2.05) is 4.57 Å². The molecule has 1 aliphatic heterocycles. The lowest BCUT2D eigenvalue weighted by Gasteiger charge is -2.23. The van der Waals surface area contributed by atoms with Crippen LogP contribution in [0.2, 0.25) is 0 Å². The van der Waals surface area contributed by atoms with E-state index in [0.717, 1.165) is 25.3 Å². The number of imidazole rings is 1. The second-order valence-electron chi connectivity index (χ2n) is 7.51. The van der Waals surface area contributed by atoms with Crippen molar-refractivity contribution < 1.29 is 23.0 Å². The third-order valence-electron chi connectivity index (χ3n) is 5.31. The number of rotatable bonds is 5. The number of fused-ring (bicyclic) bond motifs is 1. The monoisotopic (exact) mass is 451 g/mol. The smallest absolute Gasteiger partial charge is 0.258 e. The molecule has 4 aromatic rings. The minimum Gasteiger partial charge on any atom is -0.434 e. The molecule has 10 heteroatoms. The molecule has 1 unspecified atom stereocenters. The third kappa shape index (κ3) is 4.24. The Morgan fingerprint density at radius 1 is 1.09 bits per heavy atom. The molecule has 1 fully saturated rings. The second-order valence-corrected chi connectivity index (χ2v) is 7.51. The molecule has 0 saturated carbocycles. The number of benzene rings is 2. The van der Waals surface area contributed by atoms with Gasteiger partial charge in [0.25, 0.3) is 11.8 Å². The summed E-state index contributed by atoms with van der Waals surface area (Å²) in [5, 5.41) is 2.47. The highest BCUT2D eigenvalue weighted by atomic mass is 19.1. The molecule has 1 N–H and O–H groups in total. The maximum atomic E-state index is 14.7. The number of nitrogens with zero attached hydrogens (tertiary/aromatic N) is 4. The summed E-state index contributed by atoms with van der Waals surface area (Å²) >= 11 is 0. The summed E-state index contributed by atoms with van der Waals surface area (Å²) < 4.78 is 41.8. The Hall–Kier alpha value is -3.92. The van der Waals surface area contributed by atoms with Crippen molar-refractivity contribution >= 4 is 22.8 Å². The van der Waals surface area contributed by atoms with Crippen molar-refractivity contribution in [2.75, 3.05) is 11.9 Å². The number of hydrogen-bond acceptors (Lipinski definition) is 6. The van der Waals surface area contributed by atoms with Crippen LogP contribution in [0, 0.1) is 11.6 Å². The van der Waals surface area contributed by atoms with Gasteiger partial charge in [0.1, 0.15) is 18.4 Å². The fraction of sp³-hybridized carbons (Fsp3) is 0.217. The zero-order valence-corrected chi connectivity index (χ0v) is 17.4. The van der Waals surface area contributed by atoms with E-state index in [1.165, 1.54) is 36.7 Å². The standard InChI is InChI=1S/C23H19F2N5O3/c24-16-6-2-1-5-15(16)22(31)29-14-8-9-18(17(25)11-14)33-23-20-21(26-12-27-23)30(13-28-20)19-7-3-4-10-32-19/h1-2,5-6,8-9,11-13,19H,3-4,7,10H2,(H,29,31). The number of aromatic nitrogens is 4. The zero-order chi connectivity index (χ0) is 22.8. The highest BCUT2D eigenvalue weighted by molar-refractivity contribution is 6.04. The van der Waals surface area contributed by atoms with Crippen molar-refractivity contribution in [2.45, 2.75) is 25.5 Å². The average molecular weight is 451 g/mol. The molecular formula is C23H19F2N5O3. The van der Waals surface area contributed by atoms with Crippen molar-refractivity contribution in [2.24, 2.45) is 0 Å². The fourth-order valence-electron chi connectivity index (χ4n) is 3.67. The Morgan fingerprint density at radius 3 is 2.76 bits per heavy atom. The molecule has 2 aromatic heterocycles. The largest absolute Gasteiger partial charge is 0.434 e. The van der Waals surface area contributed by atoms with E-state index in [4.69, 9.17) is 9.47 Å². The van der Waals surface area contributed by atoms with Gasteiger partial charge in [0, 0.05) is 18.4 Å². The Morgan fingerprint density at radius 2 is 1.97 bits per heavy atom. The molecule has 1 amide bonds. The van der Waals surface area contributed by atoms with Gasteiger partial charge in [-0.2, -0.15) is 4.98 Å². The summed E-state index contributed by atoms with van der Waals surface area (Å²) in [4.78, 5) is 25.0. The van der Waals surface area contributed by atoms with Crippen LogP contribution < -0.4 is 10.1 Å². The maximum absolute atomic E-state index is 14.7. The number of hydrogen-bond donors (Lipinski definition) is 1.